The van der Waals surface area contributed by atoms with Gasteiger partial charge < -0.3 is 4.99 Å². The minimum atomic E-state index is -0.285. The molecule has 0 spiro atoms. The molecule has 0 atom stereocenters. The first kappa shape index (κ1) is 18.2. The molecule has 150 valence electrons. The highest BCUT2D eigenvalue weighted by atomic mass is 15.3. The maximum atomic E-state index is 9.39. The molecule has 1 fully saturated rings. The Morgan fingerprint density at radius 2 is 2.20 bits per heavy atom. The smallest absolute Gasteiger partial charge is 0.112 e. The number of aromatic nitrogens is 7. The fourth-order valence-electron chi connectivity index (χ4n) is 4.31. The number of nitriles is 1. The van der Waals surface area contributed by atoms with Gasteiger partial charge in [0.05, 0.1) is 47.8 Å². The van der Waals surface area contributed by atoms with Crippen LogP contribution in [-0.4, -0.2) is 47.8 Å². The predicted molar refractivity (Wildman–Crippen MR) is 112 cm³/mol. The molecular formula is C21H21N9. The minimum Gasteiger partial charge on any atom is -0.301 e. The van der Waals surface area contributed by atoms with Gasteiger partial charge in [0.25, 0.3) is 0 Å². The molecule has 0 unspecified atom stereocenters. The highest BCUT2D eigenvalue weighted by Gasteiger charge is 2.45. The second kappa shape index (κ2) is 6.91. The molecule has 0 radical (unpaired) electrons. The molecule has 0 amide bonds. The number of aryl methyl sites for hydroxylation is 1. The van der Waals surface area contributed by atoms with E-state index >= 15 is 0 Å². The van der Waals surface area contributed by atoms with Gasteiger partial charge >= 0.3 is 0 Å². The van der Waals surface area contributed by atoms with Crippen LogP contribution in [0.3, 0.4) is 0 Å². The number of hydrogen-bond acceptors (Lipinski definition) is 6. The molecule has 5 rings (SSSR count). The van der Waals surface area contributed by atoms with Crippen molar-refractivity contribution in [2.75, 3.05) is 7.05 Å². The van der Waals surface area contributed by atoms with E-state index in [1.54, 1.807) is 17.8 Å². The Bertz CT molecular complexity index is 1280. The van der Waals surface area contributed by atoms with Gasteiger partial charge in [-0.3, -0.25) is 9.78 Å². The molecule has 4 aromatic rings. The van der Waals surface area contributed by atoms with E-state index in [0.717, 1.165) is 46.7 Å². The normalized spacial score (nSPS) is 21.2. The van der Waals surface area contributed by atoms with Crippen molar-refractivity contribution >= 4 is 11.7 Å². The average molecular weight is 399 g/mol. The molecule has 0 aromatic carbocycles. The summed E-state index contributed by atoms with van der Waals surface area (Å²) < 4.78 is 3.74. The van der Waals surface area contributed by atoms with E-state index in [2.05, 4.69) is 31.5 Å². The van der Waals surface area contributed by atoms with Crippen molar-refractivity contribution in [1.82, 2.24) is 34.6 Å². The Labute approximate surface area is 173 Å². The second-order valence-electron chi connectivity index (χ2n) is 7.88. The summed E-state index contributed by atoms with van der Waals surface area (Å²) in [5.41, 5.74) is 4.74. The van der Waals surface area contributed by atoms with Crippen LogP contribution in [0.4, 0.5) is 0 Å². The van der Waals surface area contributed by atoms with E-state index in [-0.39, 0.29) is 5.54 Å². The number of H-pyrrole nitrogens is 1. The van der Waals surface area contributed by atoms with Gasteiger partial charge in [0.1, 0.15) is 11.4 Å². The Balaban J connectivity index is 1.56. The Kier molecular flexibility index (Phi) is 4.20. The first-order chi connectivity index (χ1) is 14.6. The number of rotatable bonds is 5. The van der Waals surface area contributed by atoms with Crippen LogP contribution in [0.15, 0.2) is 41.9 Å². The van der Waals surface area contributed by atoms with Crippen LogP contribution < -0.4 is 0 Å². The summed E-state index contributed by atoms with van der Waals surface area (Å²) in [5, 5.41) is 25.7. The lowest BCUT2D eigenvalue weighted by molar-refractivity contribution is 0.0968. The van der Waals surface area contributed by atoms with Crippen LogP contribution in [-0.2, 0) is 5.54 Å². The minimum absolute atomic E-state index is 0.285. The van der Waals surface area contributed by atoms with Crippen molar-refractivity contribution in [3.8, 4) is 28.7 Å². The molecule has 9 heteroatoms. The number of hydrogen-bond donors (Lipinski definition) is 1. The molecule has 1 aliphatic rings. The van der Waals surface area contributed by atoms with Crippen molar-refractivity contribution in [2.24, 2.45) is 10.9 Å². The Morgan fingerprint density at radius 1 is 1.33 bits per heavy atom. The quantitative estimate of drug-likeness (QED) is 0.518. The number of aromatic amines is 1. The summed E-state index contributed by atoms with van der Waals surface area (Å²) in [6, 6.07) is 6.22. The SMILES string of the molecule is CN=C[C@H]1C[C@](CC#N)(n2cc(-c3nc(-c4cc(C)[nH]n4)cn4nccc34)cn2)C1. The highest BCUT2D eigenvalue weighted by molar-refractivity contribution is 5.78. The van der Waals surface area contributed by atoms with Gasteiger partial charge in [-0.15, -0.1) is 0 Å². The fourth-order valence-corrected chi connectivity index (χ4v) is 4.31. The lowest BCUT2D eigenvalue weighted by Crippen LogP contribution is -2.47. The number of nitrogens with one attached hydrogen (secondary N) is 1. The second-order valence-corrected chi connectivity index (χ2v) is 7.88. The molecule has 4 aromatic heterocycles. The highest BCUT2D eigenvalue weighted by Crippen LogP contribution is 2.45. The van der Waals surface area contributed by atoms with Crippen LogP contribution in [0.2, 0.25) is 0 Å². The third kappa shape index (κ3) is 2.88. The standard InChI is InChI=1S/C21H21N9/c1-14-7-17(28-27-14)18-13-29-19(3-6-24-29)20(26-18)16-11-25-30(12-16)21(4-5-22)8-15(9-21)10-23-2/h3,6-7,10-13,15H,4,8-9H2,1-2H3,(H,27,28)/t15-,21-. The zero-order valence-corrected chi connectivity index (χ0v) is 16.8. The van der Waals surface area contributed by atoms with E-state index in [9.17, 15) is 5.26 Å². The van der Waals surface area contributed by atoms with Crippen molar-refractivity contribution in [3.63, 3.8) is 0 Å². The largest absolute Gasteiger partial charge is 0.301 e. The summed E-state index contributed by atoms with van der Waals surface area (Å²) in [6.45, 7) is 1.96. The van der Waals surface area contributed by atoms with Gasteiger partial charge in [-0.2, -0.15) is 20.6 Å². The zero-order valence-electron chi connectivity index (χ0n) is 16.8. The first-order valence-electron chi connectivity index (χ1n) is 9.83. The third-order valence-electron chi connectivity index (χ3n) is 5.75. The molecule has 30 heavy (non-hydrogen) atoms. The first-order valence-corrected chi connectivity index (χ1v) is 9.83. The summed E-state index contributed by atoms with van der Waals surface area (Å²) >= 11 is 0. The Hall–Kier alpha value is -3.80. The van der Waals surface area contributed by atoms with Crippen molar-refractivity contribution in [1.29, 1.82) is 5.26 Å². The topological polar surface area (TPSA) is 113 Å². The van der Waals surface area contributed by atoms with Gasteiger partial charge in [0.2, 0.25) is 0 Å². The molecule has 0 saturated heterocycles. The molecular weight excluding hydrogens is 378 g/mol. The summed E-state index contributed by atoms with van der Waals surface area (Å²) in [5.74, 6) is 0.391. The van der Waals surface area contributed by atoms with E-state index in [1.807, 2.05) is 48.5 Å². The zero-order chi connectivity index (χ0) is 20.7. The molecule has 1 N–H and O–H groups in total. The lowest BCUT2D eigenvalue weighted by Gasteiger charge is -2.45. The van der Waals surface area contributed by atoms with Gasteiger partial charge in [0, 0.05) is 30.7 Å². The van der Waals surface area contributed by atoms with Gasteiger partial charge in [0.15, 0.2) is 0 Å². The van der Waals surface area contributed by atoms with E-state index in [1.165, 1.54) is 0 Å². The molecule has 4 heterocycles. The van der Waals surface area contributed by atoms with E-state index in [4.69, 9.17) is 4.98 Å². The average Bonchev–Trinajstić information content (AvgIpc) is 3.45. The van der Waals surface area contributed by atoms with Crippen LogP contribution in [0.25, 0.3) is 28.2 Å². The van der Waals surface area contributed by atoms with Gasteiger partial charge in [-0.25, -0.2) is 9.50 Å². The number of aliphatic imine (C=N–C) groups is 1. The Morgan fingerprint density at radius 3 is 2.93 bits per heavy atom. The van der Waals surface area contributed by atoms with Crippen LogP contribution in [0.5, 0.6) is 0 Å². The molecule has 9 nitrogen and oxygen atoms in total. The van der Waals surface area contributed by atoms with Crippen molar-refractivity contribution < 1.29 is 0 Å². The third-order valence-corrected chi connectivity index (χ3v) is 5.75. The van der Waals surface area contributed by atoms with Crippen LogP contribution >= 0.6 is 0 Å². The van der Waals surface area contributed by atoms with Gasteiger partial charge in [-0.05, 0) is 37.8 Å². The fraction of sp³-hybridized carbons (Fsp3) is 0.333. The lowest BCUT2D eigenvalue weighted by atomic mass is 9.67. The van der Waals surface area contributed by atoms with Gasteiger partial charge in [-0.1, -0.05) is 0 Å². The molecule has 0 bridgehead atoms. The van der Waals surface area contributed by atoms with E-state index in [0.29, 0.717) is 12.3 Å². The summed E-state index contributed by atoms with van der Waals surface area (Å²) in [4.78, 5) is 9.01. The van der Waals surface area contributed by atoms with Crippen LogP contribution in [0.1, 0.15) is 25.0 Å². The number of nitrogens with zero attached hydrogens (tertiary/aromatic N) is 8. The van der Waals surface area contributed by atoms with Crippen molar-refractivity contribution in [3.05, 3.63) is 42.6 Å². The monoisotopic (exact) mass is 399 g/mol. The molecule has 1 aliphatic carbocycles. The number of fused-ring (bicyclic) bond motifs is 1. The molecule has 0 aliphatic heterocycles. The van der Waals surface area contributed by atoms with Crippen molar-refractivity contribution in [2.45, 2.75) is 31.7 Å². The summed E-state index contributed by atoms with van der Waals surface area (Å²) in [7, 11) is 1.78. The predicted octanol–water partition coefficient (Wildman–Crippen LogP) is 3.01. The maximum absolute atomic E-state index is 9.39. The van der Waals surface area contributed by atoms with E-state index < -0.39 is 0 Å². The summed E-state index contributed by atoms with van der Waals surface area (Å²) in [6.07, 6.45) is 11.5. The van der Waals surface area contributed by atoms with Crippen LogP contribution in [0, 0.1) is 24.2 Å². The maximum Gasteiger partial charge on any atom is 0.112 e. The molecule has 1 saturated carbocycles.